The van der Waals surface area contributed by atoms with Crippen LogP contribution >= 0.6 is 0 Å². The molecule has 2 amide bonds. The number of amides is 2. The van der Waals surface area contributed by atoms with Crippen molar-refractivity contribution in [2.75, 3.05) is 62.0 Å². The number of piperazine rings is 1. The van der Waals surface area contributed by atoms with Crippen LogP contribution in [0.5, 0.6) is 0 Å². The van der Waals surface area contributed by atoms with E-state index in [1.807, 2.05) is 47.4 Å². The Hall–Kier alpha value is -4.02. The number of ether oxygens (including phenoxy) is 1. The van der Waals surface area contributed by atoms with Crippen LogP contribution in [0.4, 0.5) is 23.0 Å². The van der Waals surface area contributed by atoms with Gasteiger partial charge in [0.2, 0.25) is 17.8 Å². The molecule has 5 rings (SSSR count). The average molecular weight is 530 g/mol. The van der Waals surface area contributed by atoms with Crippen LogP contribution in [0.2, 0.25) is 0 Å². The first-order valence-corrected chi connectivity index (χ1v) is 13.5. The zero-order valence-corrected chi connectivity index (χ0v) is 22.2. The van der Waals surface area contributed by atoms with Crippen molar-refractivity contribution in [2.45, 2.75) is 25.3 Å². The number of carbonyl (C=O) groups is 2. The van der Waals surface area contributed by atoms with E-state index in [1.54, 1.807) is 13.3 Å². The zero-order chi connectivity index (χ0) is 27.0. The lowest BCUT2D eigenvalue weighted by Crippen LogP contribution is -2.53. The molecule has 0 spiro atoms. The molecule has 2 aliphatic rings. The minimum Gasteiger partial charge on any atom is -0.384 e. The van der Waals surface area contributed by atoms with Crippen molar-refractivity contribution in [2.24, 2.45) is 0 Å². The zero-order valence-electron chi connectivity index (χ0n) is 22.2. The monoisotopic (exact) mass is 529 g/mol. The fraction of sp³-hybridized carbons (Fsp3) is 0.379. The summed E-state index contributed by atoms with van der Waals surface area (Å²) < 4.78 is 4.94. The molecule has 10 heteroatoms. The van der Waals surface area contributed by atoms with E-state index in [2.05, 4.69) is 43.0 Å². The van der Waals surface area contributed by atoms with Gasteiger partial charge in [0.1, 0.15) is 0 Å². The smallest absolute Gasteiger partial charge is 0.239 e. The van der Waals surface area contributed by atoms with Gasteiger partial charge in [0, 0.05) is 62.1 Å². The number of carbonyl (C=O) groups excluding carboxylic acids is 2. The largest absolute Gasteiger partial charge is 0.384 e. The maximum Gasteiger partial charge on any atom is 0.239 e. The Kier molecular flexibility index (Phi) is 8.65. The molecule has 0 radical (unpaired) electrons. The first-order valence-electron chi connectivity index (χ1n) is 13.5. The summed E-state index contributed by atoms with van der Waals surface area (Å²) in [5.74, 6) is 0.665. The van der Waals surface area contributed by atoms with Crippen LogP contribution in [-0.4, -0.2) is 79.2 Å². The minimum absolute atomic E-state index is 0.000843. The van der Waals surface area contributed by atoms with Crippen LogP contribution < -0.4 is 20.9 Å². The van der Waals surface area contributed by atoms with Gasteiger partial charge >= 0.3 is 0 Å². The number of nitrogens with zero attached hydrogens (tertiary/aromatic N) is 4. The maximum atomic E-state index is 12.7. The third-order valence-corrected chi connectivity index (χ3v) is 7.09. The predicted molar refractivity (Wildman–Crippen MR) is 152 cm³/mol. The van der Waals surface area contributed by atoms with E-state index in [4.69, 9.17) is 4.74 Å². The molecule has 204 valence electrons. The van der Waals surface area contributed by atoms with Gasteiger partial charge in [0.05, 0.1) is 24.8 Å². The lowest BCUT2D eigenvalue weighted by Gasteiger charge is -2.37. The van der Waals surface area contributed by atoms with E-state index in [1.165, 1.54) is 0 Å². The molecule has 39 heavy (non-hydrogen) atoms. The van der Waals surface area contributed by atoms with Crippen LogP contribution in [-0.2, 0) is 14.3 Å². The number of rotatable bonds is 9. The van der Waals surface area contributed by atoms with Gasteiger partial charge < -0.3 is 30.5 Å². The van der Waals surface area contributed by atoms with Crippen molar-refractivity contribution in [3.63, 3.8) is 0 Å². The summed E-state index contributed by atoms with van der Waals surface area (Å²) in [5.41, 5.74) is 4.46. The summed E-state index contributed by atoms with van der Waals surface area (Å²) in [7, 11) is 1.57. The average Bonchev–Trinajstić information content (AvgIpc) is 3.52. The van der Waals surface area contributed by atoms with Gasteiger partial charge in [0.25, 0.3) is 0 Å². The van der Waals surface area contributed by atoms with E-state index in [0.717, 1.165) is 73.9 Å². The molecular formula is C29H35N7O3. The standard InChI is InChI=1S/C29H35N7O3/c1-39-20-13-27(37)32-22-6-4-21(5-7-22)25-12-15-31-29(34-25)33-23-8-10-24(11-9-23)35-16-18-36(19-17-35)28(38)26-3-2-14-30-26/h4-12,15,26,30H,2-3,13-14,16-20H2,1H3,(H,32,37)(H,31,33,34). The molecule has 2 saturated heterocycles. The molecule has 0 bridgehead atoms. The Morgan fingerprint density at radius 2 is 1.74 bits per heavy atom. The Labute approximate surface area is 228 Å². The molecule has 3 N–H and O–H groups in total. The Morgan fingerprint density at radius 3 is 2.44 bits per heavy atom. The van der Waals surface area contributed by atoms with Gasteiger partial charge in [-0.15, -0.1) is 0 Å². The fourth-order valence-corrected chi connectivity index (χ4v) is 4.91. The second kappa shape index (κ2) is 12.7. The third-order valence-electron chi connectivity index (χ3n) is 7.09. The Bertz CT molecular complexity index is 1250. The van der Waals surface area contributed by atoms with Crippen molar-refractivity contribution in [1.29, 1.82) is 0 Å². The highest BCUT2D eigenvalue weighted by Crippen LogP contribution is 2.24. The second-order valence-electron chi connectivity index (χ2n) is 9.77. The maximum absolute atomic E-state index is 12.7. The normalized spacial score (nSPS) is 17.2. The molecular weight excluding hydrogens is 494 g/mol. The molecule has 1 unspecified atom stereocenters. The number of hydrogen-bond acceptors (Lipinski definition) is 8. The first-order chi connectivity index (χ1) is 19.1. The van der Waals surface area contributed by atoms with Gasteiger partial charge in [-0.2, -0.15) is 0 Å². The molecule has 3 aromatic rings. The van der Waals surface area contributed by atoms with Crippen LogP contribution in [0.1, 0.15) is 19.3 Å². The van der Waals surface area contributed by atoms with Gasteiger partial charge in [-0.1, -0.05) is 12.1 Å². The highest BCUT2D eigenvalue weighted by atomic mass is 16.5. The molecule has 1 atom stereocenters. The Balaban J connectivity index is 1.15. The van der Waals surface area contributed by atoms with Crippen molar-refractivity contribution in [1.82, 2.24) is 20.2 Å². The number of aromatic nitrogens is 2. The van der Waals surface area contributed by atoms with Gasteiger partial charge in [-0.25, -0.2) is 9.97 Å². The summed E-state index contributed by atoms with van der Waals surface area (Å²) in [5, 5.41) is 9.45. The van der Waals surface area contributed by atoms with E-state index >= 15 is 0 Å². The number of methoxy groups -OCH3 is 1. The number of nitrogens with one attached hydrogen (secondary N) is 3. The van der Waals surface area contributed by atoms with Crippen LogP contribution in [0, 0.1) is 0 Å². The van der Waals surface area contributed by atoms with Crippen molar-refractivity contribution < 1.29 is 14.3 Å². The topological polar surface area (TPSA) is 112 Å². The van der Waals surface area contributed by atoms with Crippen LogP contribution in [0.3, 0.4) is 0 Å². The number of anilines is 4. The van der Waals surface area contributed by atoms with Crippen molar-refractivity contribution >= 4 is 34.8 Å². The molecule has 3 heterocycles. The van der Waals surface area contributed by atoms with E-state index < -0.39 is 0 Å². The number of benzene rings is 2. The molecule has 2 fully saturated rings. The summed E-state index contributed by atoms with van der Waals surface area (Å²) >= 11 is 0. The minimum atomic E-state index is -0.0848. The summed E-state index contributed by atoms with van der Waals surface area (Å²) in [6.45, 7) is 4.48. The second-order valence-corrected chi connectivity index (χ2v) is 9.77. The first kappa shape index (κ1) is 26.6. The van der Waals surface area contributed by atoms with Crippen LogP contribution in [0.25, 0.3) is 11.3 Å². The summed E-state index contributed by atoms with van der Waals surface area (Å²) in [6, 6.07) is 17.6. The third kappa shape index (κ3) is 6.90. The van der Waals surface area contributed by atoms with E-state index in [0.29, 0.717) is 19.0 Å². The molecule has 2 aromatic carbocycles. The summed E-state index contributed by atoms with van der Waals surface area (Å²) in [4.78, 5) is 37.9. The molecule has 0 aliphatic carbocycles. The predicted octanol–water partition coefficient (Wildman–Crippen LogP) is 3.26. The van der Waals surface area contributed by atoms with Crippen molar-refractivity contribution in [3.8, 4) is 11.3 Å². The van der Waals surface area contributed by atoms with Gasteiger partial charge in [0.15, 0.2) is 0 Å². The number of hydrogen-bond donors (Lipinski definition) is 3. The van der Waals surface area contributed by atoms with Gasteiger partial charge in [-0.3, -0.25) is 9.59 Å². The quantitative estimate of drug-likeness (QED) is 0.387. The Morgan fingerprint density at radius 1 is 1.00 bits per heavy atom. The SMILES string of the molecule is COCCC(=O)Nc1ccc(-c2ccnc(Nc3ccc(N4CCN(C(=O)C5CCCN5)CC4)cc3)n2)cc1. The van der Waals surface area contributed by atoms with E-state index in [9.17, 15) is 9.59 Å². The molecule has 0 saturated carbocycles. The lowest BCUT2D eigenvalue weighted by atomic mass is 10.1. The highest BCUT2D eigenvalue weighted by molar-refractivity contribution is 5.91. The highest BCUT2D eigenvalue weighted by Gasteiger charge is 2.29. The van der Waals surface area contributed by atoms with Crippen LogP contribution in [0.15, 0.2) is 60.8 Å². The molecule has 1 aromatic heterocycles. The summed E-state index contributed by atoms with van der Waals surface area (Å²) in [6.07, 6.45) is 4.06. The van der Waals surface area contributed by atoms with E-state index in [-0.39, 0.29) is 17.9 Å². The molecule has 10 nitrogen and oxygen atoms in total. The lowest BCUT2D eigenvalue weighted by molar-refractivity contribution is -0.133. The fourth-order valence-electron chi connectivity index (χ4n) is 4.91. The van der Waals surface area contributed by atoms with Crippen molar-refractivity contribution in [3.05, 3.63) is 60.8 Å². The van der Waals surface area contributed by atoms with Gasteiger partial charge in [-0.05, 0) is 61.9 Å². The molecule has 2 aliphatic heterocycles.